The Hall–Kier alpha value is -2.40. The van der Waals surface area contributed by atoms with Crippen molar-refractivity contribution in [3.05, 3.63) is 59.3 Å². The number of aliphatic hydroxyl groups excluding tert-OH is 1. The Morgan fingerprint density at radius 3 is 2.81 bits per heavy atom. The van der Waals surface area contributed by atoms with Crippen molar-refractivity contribution in [1.29, 1.82) is 0 Å². The van der Waals surface area contributed by atoms with Crippen molar-refractivity contribution in [2.45, 2.75) is 12.6 Å². The van der Waals surface area contributed by atoms with Gasteiger partial charge in [0.15, 0.2) is 6.23 Å². The Morgan fingerprint density at radius 1 is 1.24 bits per heavy atom. The highest BCUT2D eigenvalue weighted by Gasteiger charge is 2.34. The Morgan fingerprint density at radius 2 is 2.05 bits per heavy atom. The highest BCUT2D eigenvalue weighted by atomic mass is 16.5. The lowest BCUT2D eigenvalue weighted by molar-refractivity contribution is 0.0181. The molecule has 1 atom stereocenters. The van der Waals surface area contributed by atoms with Gasteiger partial charge in [0.2, 0.25) is 5.88 Å². The molecule has 0 saturated carbocycles. The van der Waals surface area contributed by atoms with Crippen LogP contribution in [0.1, 0.15) is 27.8 Å². The van der Waals surface area contributed by atoms with E-state index in [-0.39, 0.29) is 5.91 Å². The molecule has 1 amide bonds. The molecule has 0 bridgehead atoms. The zero-order valence-corrected chi connectivity index (χ0v) is 11.7. The number of hydrogen-bond acceptors (Lipinski definition) is 4. The third-order valence-corrected chi connectivity index (χ3v) is 3.62. The number of rotatable bonds is 4. The summed E-state index contributed by atoms with van der Waals surface area (Å²) in [7, 11) is 1.57. The molecule has 1 unspecified atom stereocenters. The SMILES string of the molecule is COc1cccc(CCN2C(=O)c3ccccc3C2O)n1. The second kappa shape index (κ2) is 5.54. The summed E-state index contributed by atoms with van der Waals surface area (Å²) >= 11 is 0. The van der Waals surface area contributed by atoms with E-state index in [1.54, 1.807) is 31.4 Å². The van der Waals surface area contributed by atoms with Gasteiger partial charge in [-0.25, -0.2) is 4.98 Å². The van der Waals surface area contributed by atoms with Crippen molar-refractivity contribution in [1.82, 2.24) is 9.88 Å². The number of methoxy groups -OCH3 is 1. The Bertz CT molecular complexity index is 672. The van der Waals surface area contributed by atoms with Gasteiger partial charge in [-0.15, -0.1) is 0 Å². The van der Waals surface area contributed by atoms with Crippen LogP contribution in [-0.2, 0) is 6.42 Å². The van der Waals surface area contributed by atoms with Crippen LogP contribution in [0.3, 0.4) is 0 Å². The van der Waals surface area contributed by atoms with Crippen molar-refractivity contribution >= 4 is 5.91 Å². The van der Waals surface area contributed by atoms with Gasteiger partial charge in [0, 0.05) is 35.9 Å². The molecular formula is C16H16N2O3. The number of aliphatic hydroxyl groups is 1. The van der Waals surface area contributed by atoms with Crippen LogP contribution in [0.2, 0.25) is 0 Å². The lowest BCUT2D eigenvalue weighted by Crippen LogP contribution is -2.30. The van der Waals surface area contributed by atoms with Gasteiger partial charge >= 0.3 is 0 Å². The number of nitrogens with zero attached hydrogens (tertiary/aromatic N) is 2. The maximum Gasteiger partial charge on any atom is 0.256 e. The highest BCUT2D eigenvalue weighted by Crippen LogP contribution is 2.31. The number of amides is 1. The molecule has 0 fully saturated rings. The molecule has 1 aliphatic rings. The summed E-state index contributed by atoms with van der Waals surface area (Å²) in [6, 6.07) is 12.7. The molecule has 21 heavy (non-hydrogen) atoms. The maximum absolute atomic E-state index is 12.3. The molecule has 0 radical (unpaired) electrons. The molecule has 0 saturated heterocycles. The van der Waals surface area contributed by atoms with E-state index in [1.165, 1.54) is 4.90 Å². The third kappa shape index (κ3) is 2.48. The molecule has 1 aromatic heterocycles. The second-order valence-corrected chi connectivity index (χ2v) is 4.88. The second-order valence-electron chi connectivity index (χ2n) is 4.88. The zero-order chi connectivity index (χ0) is 14.8. The molecular weight excluding hydrogens is 268 g/mol. The van der Waals surface area contributed by atoms with Crippen LogP contribution in [-0.4, -0.2) is 34.6 Å². The van der Waals surface area contributed by atoms with E-state index >= 15 is 0 Å². The van der Waals surface area contributed by atoms with Crippen LogP contribution in [0.25, 0.3) is 0 Å². The van der Waals surface area contributed by atoms with Crippen molar-refractivity contribution in [3.63, 3.8) is 0 Å². The molecule has 2 heterocycles. The molecule has 108 valence electrons. The number of aromatic nitrogens is 1. The number of hydrogen-bond donors (Lipinski definition) is 1. The fourth-order valence-electron chi connectivity index (χ4n) is 2.52. The van der Waals surface area contributed by atoms with E-state index in [0.29, 0.717) is 30.0 Å². The topological polar surface area (TPSA) is 62.7 Å². The Labute approximate surface area is 122 Å². The van der Waals surface area contributed by atoms with Crippen LogP contribution in [0, 0.1) is 0 Å². The minimum Gasteiger partial charge on any atom is -0.481 e. The summed E-state index contributed by atoms with van der Waals surface area (Å²) in [5.41, 5.74) is 2.06. The van der Waals surface area contributed by atoms with Crippen LogP contribution in [0.15, 0.2) is 42.5 Å². The highest BCUT2D eigenvalue weighted by molar-refractivity contribution is 5.98. The lowest BCUT2D eigenvalue weighted by atomic mass is 10.1. The number of carbonyl (C=O) groups excluding carboxylic acids is 1. The predicted octanol–water partition coefficient (Wildman–Crippen LogP) is 1.78. The van der Waals surface area contributed by atoms with Gasteiger partial charge in [-0.3, -0.25) is 4.79 Å². The number of ether oxygens (including phenoxy) is 1. The summed E-state index contributed by atoms with van der Waals surface area (Å²) in [4.78, 5) is 18.0. The number of benzene rings is 1. The van der Waals surface area contributed by atoms with E-state index in [0.717, 1.165) is 5.69 Å². The minimum absolute atomic E-state index is 0.138. The average Bonchev–Trinajstić information content (AvgIpc) is 2.78. The van der Waals surface area contributed by atoms with Gasteiger partial charge < -0.3 is 14.7 Å². The van der Waals surface area contributed by atoms with E-state index < -0.39 is 6.23 Å². The third-order valence-electron chi connectivity index (χ3n) is 3.62. The molecule has 1 aromatic carbocycles. The standard InChI is InChI=1S/C16H16N2O3/c1-21-14-8-4-5-11(17-14)9-10-18-15(19)12-6-2-3-7-13(12)16(18)20/h2-8,15,19H,9-10H2,1H3. The fourth-order valence-corrected chi connectivity index (χ4v) is 2.52. The first-order chi connectivity index (χ1) is 10.2. The van der Waals surface area contributed by atoms with Gasteiger partial charge in [-0.05, 0) is 12.1 Å². The quantitative estimate of drug-likeness (QED) is 0.929. The molecule has 5 nitrogen and oxygen atoms in total. The first-order valence-electron chi connectivity index (χ1n) is 6.78. The summed E-state index contributed by atoms with van der Waals surface area (Å²) in [5.74, 6) is 0.407. The largest absolute Gasteiger partial charge is 0.481 e. The van der Waals surface area contributed by atoms with Crippen molar-refractivity contribution in [2.24, 2.45) is 0 Å². The summed E-state index contributed by atoms with van der Waals surface area (Å²) in [5, 5.41) is 10.3. The van der Waals surface area contributed by atoms with E-state index in [9.17, 15) is 9.90 Å². The smallest absolute Gasteiger partial charge is 0.256 e. The summed E-state index contributed by atoms with van der Waals surface area (Å²) in [6.07, 6.45) is -0.312. The lowest BCUT2D eigenvalue weighted by Gasteiger charge is -2.20. The van der Waals surface area contributed by atoms with Gasteiger partial charge in [-0.2, -0.15) is 0 Å². The van der Waals surface area contributed by atoms with Gasteiger partial charge in [0.05, 0.1) is 7.11 Å². The molecule has 1 aliphatic heterocycles. The van der Waals surface area contributed by atoms with Gasteiger partial charge in [0.25, 0.3) is 5.91 Å². The number of carbonyl (C=O) groups is 1. The van der Waals surface area contributed by atoms with E-state index in [4.69, 9.17) is 4.74 Å². The average molecular weight is 284 g/mol. The molecule has 3 rings (SSSR count). The molecule has 1 N–H and O–H groups in total. The molecule has 0 aliphatic carbocycles. The summed E-state index contributed by atoms with van der Waals surface area (Å²) in [6.45, 7) is 0.412. The Kier molecular flexibility index (Phi) is 3.58. The molecule has 0 spiro atoms. The van der Waals surface area contributed by atoms with Crippen LogP contribution >= 0.6 is 0 Å². The maximum atomic E-state index is 12.3. The normalized spacial score (nSPS) is 17.0. The van der Waals surface area contributed by atoms with Gasteiger partial charge in [0.1, 0.15) is 0 Å². The zero-order valence-electron chi connectivity index (χ0n) is 11.7. The first-order valence-corrected chi connectivity index (χ1v) is 6.78. The van der Waals surface area contributed by atoms with Crippen LogP contribution < -0.4 is 4.74 Å². The van der Waals surface area contributed by atoms with E-state index in [2.05, 4.69) is 4.98 Å². The first kappa shape index (κ1) is 13.6. The summed E-state index contributed by atoms with van der Waals surface area (Å²) < 4.78 is 5.08. The van der Waals surface area contributed by atoms with Gasteiger partial charge in [-0.1, -0.05) is 24.3 Å². The van der Waals surface area contributed by atoms with Crippen molar-refractivity contribution in [2.75, 3.05) is 13.7 Å². The van der Waals surface area contributed by atoms with E-state index in [1.807, 2.05) is 18.2 Å². The monoisotopic (exact) mass is 284 g/mol. The van der Waals surface area contributed by atoms with Crippen molar-refractivity contribution in [3.8, 4) is 5.88 Å². The van der Waals surface area contributed by atoms with Crippen LogP contribution in [0.4, 0.5) is 0 Å². The molecule has 2 aromatic rings. The molecule has 5 heteroatoms. The van der Waals surface area contributed by atoms with Crippen molar-refractivity contribution < 1.29 is 14.6 Å². The number of pyridine rings is 1. The fraction of sp³-hybridized carbons (Fsp3) is 0.250. The number of fused-ring (bicyclic) bond motifs is 1. The Balaban J connectivity index is 1.73. The minimum atomic E-state index is -0.876. The van der Waals surface area contributed by atoms with Crippen LogP contribution in [0.5, 0.6) is 5.88 Å². The predicted molar refractivity (Wildman–Crippen MR) is 76.9 cm³/mol.